The van der Waals surface area contributed by atoms with Gasteiger partial charge in [-0.05, 0) is 20.3 Å². The lowest BCUT2D eigenvalue weighted by Gasteiger charge is -2.43. The third-order valence-corrected chi connectivity index (χ3v) is 4.05. The second-order valence-electron chi connectivity index (χ2n) is 4.84. The molecule has 2 rings (SSSR count). The van der Waals surface area contributed by atoms with Crippen molar-refractivity contribution in [3.8, 4) is 0 Å². The number of nitrogens with one attached hydrogen (secondary N) is 1. The van der Waals surface area contributed by atoms with Crippen LogP contribution in [-0.2, 0) is 16.1 Å². The number of aromatic nitrogens is 1. The normalized spacial score (nSPS) is 23.1. The van der Waals surface area contributed by atoms with Gasteiger partial charge < -0.3 is 10.2 Å². The minimum atomic E-state index is -0.825. The van der Waals surface area contributed by atoms with Crippen molar-refractivity contribution in [3.05, 3.63) is 16.6 Å². The van der Waals surface area contributed by atoms with E-state index in [1.54, 1.807) is 24.9 Å². The molecule has 18 heavy (non-hydrogen) atoms. The molecule has 1 aromatic heterocycles. The van der Waals surface area contributed by atoms with Gasteiger partial charge in [0.1, 0.15) is 16.6 Å². The predicted molar refractivity (Wildman–Crippen MR) is 69.0 cm³/mol. The number of piperazine rings is 1. The molecular formula is C12H17N3O2S. The molecule has 6 heteroatoms. The summed E-state index contributed by atoms with van der Waals surface area (Å²) in [5.74, 6) is -0.136. The molecule has 0 radical (unpaired) electrons. The largest absolute Gasteiger partial charge is 0.342 e. The Hall–Kier alpha value is -1.43. The summed E-state index contributed by atoms with van der Waals surface area (Å²) in [6.07, 6.45) is 2.31. The molecule has 1 atom stereocenters. The highest BCUT2D eigenvalue weighted by Crippen LogP contribution is 2.24. The smallest absolute Gasteiger partial charge is 0.246 e. The summed E-state index contributed by atoms with van der Waals surface area (Å²) in [5.41, 5.74) is -0.825. The van der Waals surface area contributed by atoms with Crippen molar-refractivity contribution in [1.29, 1.82) is 0 Å². The van der Waals surface area contributed by atoms with E-state index in [4.69, 9.17) is 0 Å². The van der Waals surface area contributed by atoms with Crippen molar-refractivity contribution in [1.82, 2.24) is 15.2 Å². The fourth-order valence-electron chi connectivity index (χ4n) is 2.00. The first-order valence-electron chi connectivity index (χ1n) is 5.97. The standard InChI is InChI=1S/C12H17N3O2S/c1-4-8-10(16)15(7-9-13-5-6-18-9)12(2,3)11(17)14-8/h5-6,8H,4,7H2,1-3H3,(H,14,17). The van der Waals surface area contributed by atoms with E-state index < -0.39 is 11.6 Å². The lowest BCUT2D eigenvalue weighted by atomic mass is 9.95. The Balaban J connectivity index is 2.27. The summed E-state index contributed by atoms with van der Waals surface area (Å²) in [6.45, 7) is 5.82. The van der Waals surface area contributed by atoms with Crippen LogP contribution in [0, 0.1) is 0 Å². The molecule has 1 fully saturated rings. The lowest BCUT2D eigenvalue weighted by molar-refractivity contribution is -0.156. The average molecular weight is 267 g/mol. The van der Waals surface area contributed by atoms with Gasteiger partial charge in [0, 0.05) is 11.6 Å². The molecule has 2 amide bonds. The van der Waals surface area contributed by atoms with Gasteiger partial charge in [0.15, 0.2) is 0 Å². The first kappa shape index (κ1) is 13.0. The lowest BCUT2D eigenvalue weighted by Crippen LogP contribution is -2.67. The van der Waals surface area contributed by atoms with Crippen molar-refractivity contribution in [2.24, 2.45) is 0 Å². The Labute approximate surface area is 110 Å². The monoisotopic (exact) mass is 267 g/mol. The number of hydrogen-bond acceptors (Lipinski definition) is 4. The highest BCUT2D eigenvalue weighted by Gasteiger charge is 2.45. The molecule has 0 bridgehead atoms. The van der Waals surface area contributed by atoms with Gasteiger partial charge in [-0.1, -0.05) is 6.92 Å². The molecule has 1 saturated heterocycles. The number of carbonyl (C=O) groups excluding carboxylic acids is 2. The molecule has 5 nitrogen and oxygen atoms in total. The van der Waals surface area contributed by atoms with Crippen molar-refractivity contribution in [2.45, 2.75) is 45.3 Å². The molecule has 2 heterocycles. The number of thiazole rings is 1. The molecule has 0 aliphatic carbocycles. The van der Waals surface area contributed by atoms with Crippen LogP contribution in [0.2, 0.25) is 0 Å². The van der Waals surface area contributed by atoms with E-state index in [0.29, 0.717) is 13.0 Å². The maximum atomic E-state index is 12.3. The van der Waals surface area contributed by atoms with Crippen LogP contribution < -0.4 is 5.32 Å². The van der Waals surface area contributed by atoms with Gasteiger partial charge in [-0.2, -0.15) is 0 Å². The van der Waals surface area contributed by atoms with E-state index in [0.717, 1.165) is 5.01 Å². The molecule has 0 saturated carbocycles. The quantitative estimate of drug-likeness (QED) is 0.894. The summed E-state index contributed by atoms with van der Waals surface area (Å²) in [4.78, 5) is 30.2. The predicted octanol–water partition coefficient (Wildman–Crippen LogP) is 1.16. The molecule has 0 aromatic carbocycles. The van der Waals surface area contributed by atoms with Gasteiger partial charge in [-0.25, -0.2) is 4.98 Å². The van der Waals surface area contributed by atoms with Gasteiger partial charge in [0.05, 0.1) is 6.54 Å². The minimum Gasteiger partial charge on any atom is -0.342 e. The van der Waals surface area contributed by atoms with Gasteiger partial charge in [0.2, 0.25) is 11.8 Å². The Morgan fingerprint density at radius 2 is 2.22 bits per heavy atom. The van der Waals surface area contributed by atoms with Crippen LogP contribution in [-0.4, -0.2) is 33.3 Å². The van der Waals surface area contributed by atoms with Gasteiger partial charge in [-0.3, -0.25) is 9.59 Å². The van der Waals surface area contributed by atoms with Crippen molar-refractivity contribution < 1.29 is 9.59 Å². The molecular weight excluding hydrogens is 250 g/mol. The van der Waals surface area contributed by atoms with Crippen molar-refractivity contribution in [2.75, 3.05) is 0 Å². The third-order valence-electron chi connectivity index (χ3n) is 3.29. The molecule has 1 aromatic rings. The second-order valence-corrected chi connectivity index (χ2v) is 5.82. The fourth-order valence-corrected chi connectivity index (χ4v) is 2.61. The number of nitrogens with zero attached hydrogens (tertiary/aromatic N) is 2. The summed E-state index contributed by atoms with van der Waals surface area (Å²) in [7, 11) is 0. The molecule has 0 spiro atoms. The van der Waals surface area contributed by atoms with Crippen LogP contribution in [0.3, 0.4) is 0 Å². The number of hydrogen-bond donors (Lipinski definition) is 1. The van der Waals surface area contributed by atoms with Gasteiger partial charge in [0.25, 0.3) is 0 Å². The molecule has 1 aliphatic rings. The number of amides is 2. The summed E-state index contributed by atoms with van der Waals surface area (Å²) >= 11 is 1.49. The Kier molecular flexibility index (Phi) is 3.38. The van der Waals surface area contributed by atoms with Crippen molar-refractivity contribution in [3.63, 3.8) is 0 Å². The third kappa shape index (κ3) is 2.12. The topological polar surface area (TPSA) is 62.3 Å². The van der Waals surface area contributed by atoms with Crippen LogP contribution in [0.5, 0.6) is 0 Å². The summed E-state index contributed by atoms with van der Waals surface area (Å²) < 4.78 is 0. The first-order valence-corrected chi connectivity index (χ1v) is 6.85. The van der Waals surface area contributed by atoms with Crippen LogP contribution >= 0.6 is 11.3 Å². The van der Waals surface area contributed by atoms with E-state index >= 15 is 0 Å². The highest BCUT2D eigenvalue weighted by atomic mass is 32.1. The van der Waals surface area contributed by atoms with Crippen LogP contribution in [0.25, 0.3) is 0 Å². The van der Waals surface area contributed by atoms with E-state index in [9.17, 15) is 9.59 Å². The van der Waals surface area contributed by atoms with Crippen LogP contribution in [0.4, 0.5) is 0 Å². The summed E-state index contributed by atoms with van der Waals surface area (Å²) in [6, 6.07) is -0.412. The average Bonchev–Trinajstić information content (AvgIpc) is 2.82. The van der Waals surface area contributed by atoms with Crippen LogP contribution in [0.1, 0.15) is 32.2 Å². The van der Waals surface area contributed by atoms with E-state index in [1.165, 1.54) is 11.3 Å². The van der Waals surface area contributed by atoms with E-state index in [1.807, 2.05) is 12.3 Å². The van der Waals surface area contributed by atoms with Crippen molar-refractivity contribution >= 4 is 23.2 Å². The maximum absolute atomic E-state index is 12.3. The van der Waals surface area contributed by atoms with E-state index in [2.05, 4.69) is 10.3 Å². The zero-order valence-electron chi connectivity index (χ0n) is 10.8. The zero-order valence-corrected chi connectivity index (χ0v) is 11.6. The molecule has 1 N–H and O–H groups in total. The second kappa shape index (κ2) is 4.68. The number of carbonyl (C=O) groups is 2. The molecule has 1 unspecified atom stereocenters. The molecule has 98 valence electrons. The van der Waals surface area contributed by atoms with E-state index in [-0.39, 0.29) is 11.8 Å². The number of rotatable bonds is 3. The maximum Gasteiger partial charge on any atom is 0.246 e. The molecule has 1 aliphatic heterocycles. The van der Waals surface area contributed by atoms with Gasteiger partial charge in [-0.15, -0.1) is 11.3 Å². The van der Waals surface area contributed by atoms with Crippen LogP contribution in [0.15, 0.2) is 11.6 Å². The minimum absolute atomic E-state index is 0.0303. The first-order chi connectivity index (χ1) is 8.46. The zero-order chi connectivity index (χ0) is 13.3. The summed E-state index contributed by atoms with van der Waals surface area (Å²) in [5, 5.41) is 5.49. The van der Waals surface area contributed by atoms with Gasteiger partial charge >= 0.3 is 0 Å². The highest BCUT2D eigenvalue weighted by molar-refractivity contribution is 7.09. The Morgan fingerprint density at radius 1 is 1.50 bits per heavy atom. The Morgan fingerprint density at radius 3 is 2.78 bits per heavy atom. The Bertz CT molecular complexity index is 456. The fraction of sp³-hybridized carbons (Fsp3) is 0.583. The SMILES string of the molecule is CCC1NC(=O)C(C)(C)N(Cc2nccs2)C1=O.